The lowest BCUT2D eigenvalue weighted by Gasteiger charge is -2.16. The Hall–Kier alpha value is -0.680. The molecule has 94 valence electrons. The van der Waals surface area contributed by atoms with Crippen molar-refractivity contribution in [2.45, 2.75) is 11.8 Å². The van der Waals surface area contributed by atoms with Crippen molar-refractivity contribution in [2.75, 3.05) is 11.5 Å². The molecular formula is C11H11ClF2O2S. The van der Waals surface area contributed by atoms with Gasteiger partial charge in [0.2, 0.25) is 0 Å². The van der Waals surface area contributed by atoms with E-state index in [9.17, 15) is 17.2 Å². The standard InChI is InChI=1S/C11H11ClF2O2S/c12-10(7-4-5-17(15,16)6-7)8-2-1-3-9(13)11(8)14/h1-3,7,10H,4-6H2. The van der Waals surface area contributed by atoms with Crippen molar-refractivity contribution in [3.05, 3.63) is 35.4 Å². The van der Waals surface area contributed by atoms with Crippen LogP contribution in [-0.2, 0) is 9.84 Å². The minimum atomic E-state index is -3.07. The molecule has 6 heteroatoms. The van der Waals surface area contributed by atoms with E-state index < -0.39 is 26.8 Å². The number of hydrogen-bond donors (Lipinski definition) is 0. The van der Waals surface area contributed by atoms with Crippen molar-refractivity contribution >= 4 is 21.4 Å². The van der Waals surface area contributed by atoms with Crippen molar-refractivity contribution in [1.29, 1.82) is 0 Å². The summed E-state index contributed by atoms with van der Waals surface area (Å²) in [6.07, 6.45) is 0.395. The van der Waals surface area contributed by atoms with Gasteiger partial charge in [0.25, 0.3) is 0 Å². The molecular weight excluding hydrogens is 270 g/mol. The Kier molecular flexibility index (Phi) is 3.41. The third-order valence-electron chi connectivity index (χ3n) is 2.96. The zero-order valence-electron chi connectivity index (χ0n) is 8.87. The number of rotatable bonds is 2. The van der Waals surface area contributed by atoms with Crippen LogP contribution in [0, 0.1) is 17.6 Å². The molecule has 2 unspecified atom stereocenters. The van der Waals surface area contributed by atoms with Crippen LogP contribution in [0.1, 0.15) is 17.4 Å². The van der Waals surface area contributed by atoms with Crippen molar-refractivity contribution < 1.29 is 17.2 Å². The van der Waals surface area contributed by atoms with Gasteiger partial charge in [-0.2, -0.15) is 0 Å². The maximum absolute atomic E-state index is 13.5. The summed E-state index contributed by atoms with van der Waals surface area (Å²) >= 11 is 6.05. The highest BCUT2D eigenvalue weighted by Gasteiger charge is 2.34. The molecule has 0 spiro atoms. The highest BCUT2D eigenvalue weighted by Crippen LogP contribution is 2.37. The van der Waals surface area contributed by atoms with Crippen LogP contribution >= 0.6 is 11.6 Å². The molecule has 2 atom stereocenters. The van der Waals surface area contributed by atoms with Gasteiger partial charge in [0.1, 0.15) is 0 Å². The monoisotopic (exact) mass is 280 g/mol. The highest BCUT2D eigenvalue weighted by atomic mass is 35.5. The van der Waals surface area contributed by atoms with E-state index in [1.165, 1.54) is 12.1 Å². The van der Waals surface area contributed by atoms with Gasteiger partial charge in [0.15, 0.2) is 21.5 Å². The summed E-state index contributed by atoms with van der Waals surface area (Å²) in [4.78, 5) is 0. The quantitative estimate of drug-likeness (QED) is 0.781. The number of halogens is 3. The van der Waals surface area contributed by atoms with Crippen molar-refractivity contribution in [1.82, 2.24) is 0 Å². The molecule has 0 bridgehead atoms. The number of hydrogen-bond acceptors (Lipinski definition) is 2. The Bertz CT molecular complexity index is 530. The van der Waals surface area contributed by atoms with E-state index in [1.807, 2.05) is 0 Å². The highest BCUT2D eigenvalue weighted by molar-refractivity contribution is 7.91. The minimum Gasteiger partial charge on any atom is -0.229 e. The third-order valence-corrected chi connectivity index (χ3v) is 5.35. The van der Waals surface area contributed by atoms with Gasteiger partial charge in [-0.1, -0.05) is 12.1 Å². The molecule has 2 nitrogen and oxygen atoms in total. The van der Waals surface area contributed by atoms with Crippen molar-refractivity contribution in [3.63, 3.8) is 0 Å². The normalized spacial score (nSPS) is 24.8. The van der Waals surface area contributed by atoms with E-state index in [0.29, 0.717) is 6.42 Å². The molecule has 0 N–H and O–H groups in total. The summed E-state index contributed by atoms with van der Waals surface area (Å²) in [6, 6.07) is 3.77. The summed E-state index contributed by atoms with van der Waals surface area (Å²) in [5.74, 6) is -2.29. The van der Waals surface area contributed by atoms with Gasteiger partial charge in [0.05, 0.1) is 16.9 Å². The molecule has 0 aromatic heterocycles. The van der Waals surface area contributed by atoms with Gasteiger partial charge in [-0.05, 0) is 18.4 Å². The summed E-state index contributed by atoms with van der Waals surface area (Å²) in [7, 11) is -3.07. The average molecular weight is 281 g/mol. The number of benzene rings is 1. The van der Waals surface area contributed by atoms with Gasteiger partial charge in [-0.15, -0.1) is 11.6 Å². The zero-order valence-corrected chi connectivity index (χ0v) is 10.4. The topological polar surface area (TPSA) is 34.1 Å². The fraction of sp³-hybridized carbons (Fsp3) is 0.455. The molecule has 0 amide bonds. The van der Waals surface area contributed by atoms with Crippen LogP contribution in [0.15, 0.2) is 18.2 Å². The predicted octanol–water partition coefficient (Wildman–Crippen LogP) is 2.68. The Morgan fingerprint density at radius 3 is 2.65 bits per heavy atom. The predicted molar refractivity (Wildman–Crippen MR) is 61.7 cm³/mol. The summed E-state index contributed by atoms with van der Waals surface area (Å²) in [5.41, 5.74) is 0.0359. The van der Waals surface area contributed by atoms with E-state index >= 15 is 0 Å². The summed E-state index contributed by atoms with van der Waals surface area (Å²) < 4.78 is 49.1. The van der Waals surface area contributed by atoms with Crippen LogP contribution in [0.5, 0.6) is 0 Å². The first-order valence-corrected chi connectivity index (χ1v) is 7.45. The van der Waals surface area contributed by atoms with Crippen LogP contribution in [0.4, 0.5) is 8.78 Å². The summed E-state index contributed by atoms with van der Waals surface area (Å²) in [6.45, 7) is 0. The van der Waals surface area contributed by atoms with Gasteiger partial charge in [-0.3, -0.25) is 0 Å². The lowest BCUT2D eigenvalue weighted by atomic mass is 9.98. The molecule has 0 aliphatic carbocycles. The van der Waals surface area contributed by atoms with E-state index in [0.717, 1.165) is 6.07 Å². The smallest absolute Gasteiger partial charge is 0.163 e. The van der Waals surface area contributed by atoms with Crippen LogP contribution in [-0.4, -0.2) is 19.9 Å². The Labute approximate surface area is 104 Å². The van der Waals surface area contributed by atoms with Gasteiger partial charge < -0.3 is 0 Å². The van der Waals surface area contributed by atoms with Crippen LogP contribution in [0.3, 0.4) is 0 Å². The Balaban J connectivity index is 2.26. The molecule has 1 aliphatic heterocycles. The third kappa shape index (κ3) is 2.60. The molecule has 0 saturated carbocycles. The summed E-state index contributed by atoms with van der Waals surface area (Å²) in [5, 5.41) is -0.803. The first-order valence-electron chi connectivity index (χ1n) is 5.19. The molecule has 1 fully saturated rings. The SMILES string of the molecule is O=S1(=O)CCC(C(Cl)c2cccc(F)c2F)C1. The first-order chi connectivity index (χ1) is 7.91. The molecule has 1 aromatic carbocycles. The molecule has 0 radical (unpaired) electrons. The lowest BCUT2D eigenvalue weighted by Crippen LogP contribution is -2.12. The first kappa shape index (κ1) is 12.8. The van der Waals surface area contributed by atoms with Crippen LogP contribution in [0.25, 0.3) is 0 Å². The second kappa shape index (κ2) is 4.53. The van der Waals surface area contributed by atoms with E-state index in [4.69, 9.17) is 11.6 Å². The van der Waals surface area contributed by atoms with Crippen LogP contribution in [0.2, 0.25) is 0 Å². The van der Waals surface area contributed by atoms with Crippen LogP contribution < -0.4 is 0 Å². The van der Waals surface area contributed by atoms with Gasteiger partial charge in [0, 0.05) is 5.56 Å². The molecule has 1 aromatic rings. The largest absolute Gasteiger partial charge is 0.229 e. The number of alkyl halides is 1. The molecule has 1 heterocycles. The van der Waals surface area contributed by atoms with E-state index in [-0.39, 0.29) is 23.0 Å². The van der Waals surface area contributed by atoms with Crippen molar-refractivity contribution in [2.24, 2.45) is 5.92 Å². The number of sulfone groups is 1. The zero-order chi connectivity index (χ0) is 12.6. The fourth-order valence-electron chi connectivity index (χ4n) is 2.04. The molecule has 1 saturated heterocycles. The Morgan fingerprint density at radius 2 is 2.06 bits per heavy atom. The maximum Gasteiger partial charge on any atom is 0.163 e. The molecule has 2 rings (SSSR count). The van der Waals surface area contributed by atoms with E-state index in [2.05, 4.69) is 0 Å². The Morgan fingerprint density at radius 1 is 1.35 bits per heavy atom. The second-order valence-corrected chi connectivity index (χ2v) is 6.91. The molecule has 17 heavy (non-hydrogen) atoms. The van der Waals surface area contributed by atoms with Gasteiger partial charge >= 0.3 is 0 Å². The minimum absolute atomic E-state index is 0.0359. The average Bonchev–Trinajstić information content (AvgIpc) is 2.62. The van der Waals surface area contributed by atoms with Gasteiger partial charge in [-0.25, -0.2) is 17.2 Å². The molecule has 1 aliphatic rings. The fourth-order valence-corrected chi connectivity index (χ4v) is 4.37. The van der Waals surface area contributed by atoms with E-state index in [1.54, 1.807) is 0 Å². The lowest BCUT2D eigenvalue weighted by molar-refractivity contribution is 0.480. The van der Waals surface area contributed by atoms with Crippen molar-refractivity contribution in [3.8, 4) is 0 Å². The second-order valence-electron chi connectivity index (χ2n) is 4.21. The maximum atomic E-state index is 13.5.